The van der Waals surface area contributed by atoms with Gasteiger partial charge in [-0.15, -0.1) is 0 Å². The van der Waals surface area contributed by atoms with E-state index in [0.29, 0.717) is 17.0 Å². The van der Waals surface area contributed by atoms with E-state index in [-0.39, 0.29) is 10.6 Å². The summed E-state index contributed by atoms with van der Waals surface area (Å²) >= 11 is 6.26. The highest BCUT2D eigenvalue weighted by Gasteiger charge is 2.39. The number of rotatable bonds is 3. The number of benzene rings is 3. The molecule has 0 bridgehead atoms. The molecule has 0 aromatic heterocycles. The number of fused-ring (bicyclic) bond motifs is 1. The molecule has 4 rings (SSSR count). The van der Waals surface area contributed by atoms with Crippen LogP contribution in [0.2, 0.25) is 0 Å². The minimum absolute atomic E-state index is 0.0758. The molecule has 0 spiro atoms. The second kappa shape index (κ2) is 6.32. The van der Waals surface area contributed by atoms with Crippen LogP contribution in [-0.2, 0) is 9.59 Å². The van der Waals surface area contributed by atoms with Gasteiger partial charge in [-0.2, -0.15) is 0 Å². The van der Waals surface area contributed by atoms with Crippen molar-refractivity contribution in [2.24, 2.45) is 0 Å². The highest BCUT2D eigenvalue weighted by molar-refractivity contribution is 6.60. The summed E-state index contributed by atoms with van der Waals surface area (Å²) in [5.41, 5.74) is 1.31. The van der Waals surface area contributed by atoms with Crippen molar-refractivity contribution in [3.8, 4) is 5.75 Å². The molecule has 0 aliphatic carbocycles. The molecule has 3 aromatic rings. The Bertz CT molecular complexity index is 1060. The smallest absolute Gasteiger partial charge is 0.277 e. The third-order valence-electron chi connectivity index (χ3n) is 4.41. The minimum Gasteiger partial charge on any atom is -0.497 e. The molecule has 26 heavy (non-hydrogen) atoms. The fourth-order valence-corrected chi connectivity index (χ4v) is 3.41. The number of methoxy groups -OCH3 is 1. The SMILES string of the molecule is COc1ccc(C2=C(Cl)C(=O)N(c3cccc4ccccc34)C2=O)cc1. The van der Waals surface area contributed by atoms with Gasteiger partial charge in [-0.25, -0.2) is 4.90 Å². The lowest BCUT2D eigenvalue weighted by Gasteiger charge is -2.17. The van der Waals surface area contributed by atoms with Crippen LogP contribution in [0.3, 0.4) is 0 Å². The molecule has 0 saturated carbocycles. The fourth-order valence-electron chi connectivity index (χ4n) is 3.13. The van der Waals surface area contributed by atoms with Crippen molar-refractivity contribution in [3.63, 3.8) is 0 Å². The van der Waals surface area contributed by atoms with Gasteiger partial charge >= 0.3 is 0 Å². The Labute approximate surface area is 155 Å². The van der Waals surface area contributed by atoms with Gasteiger partial charge in [-0.1, -0.05) is 60.1 Å². The standard InChI is InChI=1S/C21H14ClNO3/c1-26-15-11-9-14(10-12-15)18-19(22)21(25)23(20(18)24)17-8-4-6-13-5-2-3-7-16(13)17/h2-12H,1H3. The largest absolute Gasteiger partial charge is 0.497 e. The van der Waals surface area contributed by atoms with E-state index in [9.17, 15) is 9.59 Å². The molecule has 4 nitrogen and oxygen atoms in total. The van der Waals surface area contributed by atoms with Crippen molar-refractivity contribution >= 4 is 45.4 Å². The van der Waals surface area contributed by atoms with Gasteiger partial charge in [0.1, 0.15) is 10.8 Å². The van der Waals surface area contributed by atoms with E-state index < -0.39 is 11.8 Å². The fraction of sp³-hybridized carbons (Fsp3) is 0.0476. The molecular weight excluding hydrogens is 350 g/mol. The Morgan fingerprint density at radius 3 is 2.27 bits per heavy atom. The maximum atomic E-state index is 13.1. The van der Waals surface area contributed by atoms with Crippen molar-refractivity contribution in [3.05, 3.63) is 77.3 Å². The molecule has 1 heterocycles. The summed E-state index contributed by atoms with van der Waals surface area (Å²) in [6.45, 7) is 0. The number of ether oxygens (including phenoxy) is 1. The molecule has 0 unspecified atom stereocenters. The highest BCUT2D eigenvalue weighted by Crippen LogP contribution is 2.37. The monoisotopic (exact) mass is 363 g/mol. The zero-order valence-corrected chi connectivity index (χ0v) is 14.7. The van der Waals surface area contributed by atoms with Crippen molar-refractivity contribution in [1.29, 1.82) is 0 Å². The van der Waals surface area contributed by atoms with Crippen LogP contribution in [0.15, 0.2) is 71.8 Å². The second-order valence-corrected chi connectivity index (χ2v) is 6.24. The van der Waals surface area contributed by atoms with E-state index in [1.807, 2.05) is 36.4 Å². The first-order valence-corrected chi connectivity index (χ1v) is 8.40. The molecule has 3 aromatic carbocycles. The molecule has 1 aliphatic rings. The van der Waals surface area contributed by atoms with E-state index in [2.05, 4.69) is 0 Å². The van der Waals surface area contributed by atoms with Gasteiger partial charge in [0.25, 0.3) is 11.8 Å². The van der Waals surface area contributed by atoms with E-state index in [1.165, 1.54) is 0 Å². The molecule has 0 radical (unpaired) electrons. The van der Waals surface area contributed by atoms with Crippen LogP contribution >= 0.6 is 11.6 Å². The Hall–Kier alpha value is -3.11. The summed E-state index contributed by atoms with van der Waals surface area (Å²) in [7, 11) is 1.56. The van der Waals surface area contributed by atoms with Crippen molar-refractivity contribution in [2.45, 2.75) is 0 Å². The summed E-state index contributed by atoms with van der Waals surface area (Å²) in [6.07, 6.45) is 0. The van der Waals surface area contributed by atoms with Gasteiger partial charge in [0.15, 0.2) is 0 Å². The molecule has 0 N–H and O–H groups in total. The molecule has 0 atom stereocenters. The first-order chi connectivity index (χ1) is 12.6. The summed E-state index contributed by atoms with van der Waals surface area (Å²) in [5, 5.41) is 1.69. The van der Waals surface area contributed by atoms with Gasteiger partial charge in [0, 0.05) is 5.39 Å². The molecule has 0 saturated heterocycles. The summed E-state index contributed by atoms with van der Waals surface area (Å²) in [4.78, 5) is 27.0. The van der Waals surface area contributed by atoms with Crippen LogP contribution in [-0.4, -0.2) is 18.9 Å². The van der Waals surface area contributed by atoms with Gasteiger partial charge < -0.3 is 4.74 Å². The van der Waals surface area contributed by atoms with Crippen molar-refractivity contribution in [1.82, 2.24) is 0 Å². The number of carbonyl (C=O) groups is 2. The summed E-state index contributed by atoms with van der Waals surface area (Å²) < 4.78 is 5.13. The van der Waals surface area contributed by atoms with Crippen molar-refractivity contribution < 1.29 is 14.3 Å². The zero-order chi connectivity index (χ0) is 18.3. The van der Waals surface area contributed by atoms with Gasteiger partial charge in [-0.3, -0.25) is 9.59 Å². The number of nitrogens with zero attached hydrogens (tertiary/aromatic N) is 1. The molecule has 1 aliphatic heterocycles. The molecular formula is C21H14ClNO3. The third-order valence-corrected chi connectivity index (χ3v) is 4.76. The zero-order valence-electron chi connectivity index (χ0n) is 13.9. The van der Waals surface area contributed by atoms with Crippen LogP contribution in [0.25, 0.3) is 16.3 Å². The highest BCUT2D eigenvalue weighted by atomic mass is 35.5. The van der Waals surface area contributed by atoms with Crippen LogP contribution in [0.4, 0.5) is 5.69 Å². The lowest BCUT2D eigenvalue weighted by molar-refractivity contribution is -0.119. The second-order valence-electron chi connectivity index (χ2n) is 5.86. The summed E-state index contributed by atoms with van der Waals surface area (Å²) in [5.74, 6) is -0.284. The van der Waals surface area contributed by atoms with Crippen LogP contribution in [0.5, 0.6) is 5.75 Å². The lowest BCUT2D eigenvalue weighted by atomic mass is 10.1. The van der Waals surface area contributed by atoms with E-state index in [4.69, 9.17) is 16.3 Å². The van der Waals surface area contributed by atoms with Crippen molar-refractivity contribution in [2.75, 3.05) is 12.0 Å². The normalized spacial score (nSPS) is 14.5. The average molecular weight is 364 g/mol. The predicted molar refractivity (Wildman–Crippen MR) is 102 cm³/mol. The molecule has 5 heteroatoms. The number of carbonyl (C=O) groups excluding carboxylic acids is 2. The lowest BCUT2D eigenvalue weighted by Crippen LogP contribution is -2.31. The Morgan fingerprint density at radius 1 is 0.846 bits per heavy atom. The number of halogens is 1. The number of hydrogen-bond acceptors (Lipinski definition) is 3. The Balaban J connectivity index is 1.81. The summed E-state index contributed by atoms with van der Waals surface area (Å²) in [6, 6.07) is 20.0. The number of imide groups is 1. The number of anilines is 1. The third kappa shape index (κ3) is 2.47. The minimum atomic E-state index is -0.515. The van der Waals surface area contributed by atoms with Gasteiger partial charge in [-0.05, 0) is 29.1 Å². The van der Waals surface area contributed by atoms with Gasteiger partial charge in [0.05, 0.1) is 18.4 Å². The van der Waals surface area contributed by atoms with Gasteiger partial charge in [0.2, 0.25) is 0 Å². The molecule has 2 amide bonds. The Morgan fingerprint density at radius 2 is 1.54 bits per heavy atom. The molecule has 128 valence electrons. The Kier molecular flexibility index (Phi) is 3.98. The topological polar surface area (TPSA) is 46.6 Å². The number of hydrogen-bond donors (Lipinski definition) is 0. The van der Waals surface area contributed by atoms with Crippen LogP contribution in [0.1, 0.15) is 5.56 Å². The van der Waals surface area contributed by atoms with Crippen LogP contribution in [0, 0.1) is 0 Å². The number of amides is 2. The average Bonchev–Trinajstić information content (AvgIpc) is 2.90. The predicted octanol–water partition coefficient (Wildman–Crippen LogP) is 4.37. The molecule has 0 fully saturated rings. The van der Waals surface area contributed by atoms with E-state index in [1.54, 1.807) is 37.4 Å². The van der Waals surface area contributed by atoms with E-state index >= 15 is 0 Å². The first-order valence-electron chi connectivity index (χ1n) is 8.02. The quantitative estimate of drug-likeness (QED) is 0.649. The van der Waals surface area contributed by atoms with Crippen LogP contribution < -0.4 is 9.64 Å². The van der Waals surface area contributed by atoms with E-state index in [0.717, 1.165) is 15.7 Å². The maximum Gasteiger partial charge on any atom is 0.277 e. The maximum absolute atomic E-state index is 13.1. The first kappa shape index (κ1) is 16.4.